The molecule has 0 spiro atoms. The van der Waals surface area contributed by atoms with Crippen molar-refractivity contribution in [2.24, 2.45) is 22.4 Å². The molecule has 212 valence electrons. The van der Waals surface area contributed by atoms with Crippen LogP contribution in [-0.4, -0.2) is 87.8 Å². The summed E-state index contributed by atoms with van der Waals surface area (Å²) in [5.41, 5.74) is 11.3. The molecule has 0 aromatic heterocycles. The summed E-state index contributed by atoms with van der Waals surface area (Å²) in [6.45, 7) is 4.31. The van der Waals surface area contributed by atoms with Crippen molar-refractivity contribution in [3.05, 3.63) is 29.8 Å². The number of benzene rings is 1. The molecule has 1 aromatic rings. The molecule has 1 heterocycles. The van der Waals surface area contributed by atoms with Crippen molar-refractivity contribution in [2.75, 3.05) is 19.7 Å². The number of rotatable bonds is 14. The van der Waals surface area contributed by atoms with Gasteiger partial charge in [0, 0.05) is 19.5 Å². The Morgan fingerprint density at radius 3 is 2.45 bits per heavy atom. The van der Waals surface area contributed by atoms with Crippen LogP contribution >= 0.6 is 0 Å². The van der Waals surface area contributed by atoms with Gasteiger partial charge in [0.15, 0.2) is 5.96 Å². The Bertz CT molecular complexity index is 950. The number of carbonyl (C=O) groups is 3. The van der Waals surface area contributed by atoms with Crippen LogP contribution in [0.3, 0.4) is 0 Å². The molecule has 2 rings (SSSR count). The first-order valence-electron chi connectivity index (χ1n) is 13.0. The van der Waals surface area contributed by atoms with E-state index in [1.54, 1.807) is 12.1 Å². The van der Waals surface area contributed by atoms with Gasteiger partial charge in [-0.15, -0.1) is 0 Å². The molecule has 38 heavy (non-hydrogen) atoms. The second kappa shape index (κ2) is 15.1. The molecule has 0 saturated carbocycles. The van der Waals surface area contributed by atoms with Crippen LogP contribution in [0.5, 0.6) is 5.75 Å². The predicted molar refractivity (Wildman–Crippen MR) is 143 cm³/mol. The first kappa shape index (κ1) is 30.8. The number of amides is 3. The van der Waals surface area contributed by atoms with E-state index >= 15 is 0 Å². The van der Waals surface area contributed by atoms with E-state index in [-0.39, 0.29) is 42.5 Å². The minimum Gasteiger partial charge on any atom is -0.508 e. The van der Waals surface area contributed by atoms with Crippen molar-refractivity contribution in [3.8, 4) is 5.75 Å². The maximum atomic E-state index is 13.5. The zero-order chi connectivity index (χ0) is 28.2. The summed E-state index contributed by atoms with van der Waals surface area (Å²) >= 11 is 0. The highest BCUT2D eigenvalue weighted by atomic mass is 16.3. The molecule has 1 fully saturated rings. The van der Waals surface area contributed by atoms with Crippen LogP contribution in [0.1, 0.15) is 51.5 Å². The second-order valence-corrected chi connectivity index (χ2v) is 10.1. The van der Waals surface area contributed by atoms with Crippen LogP contribution in [-0.2, 0) is 20.8 Å². The summed E-state index contributed by atoms with van der Waals surface area (Å²) in [7, 11) is 0. The Morgan fingerprint density at radius 1 is 1.16 bits per heavy atom. The fourth-order valence-corrected chi connectivity index (χ4v) is 4.46. The minimum absolute atomic E-state index is 0.0226. The molecule has 1 aliphatic heterocycles. The van der Waals surface area contributed by atoms with Gasteiger partial charge in [-0.3, -0.25) is 19.4 Å². The summed E-state index contributed by atoms with van der Waals surface area (Å²) < 4.78 is 0. The van der Waals surface area contributed by atoms with E-state index in [9.17, 15) is 29.7 Å². The molecular weight excluding hydrogens is 492 g/mol. The second-order valence-electron chi connectivity index (χ2n) is 10.1. The Morgan fingerprint density at radius 2 is 1.84 bits per heavy atom. The van der Waals surface area contributed by atoms with E-state index in [0.29, 0.717) is 50.8 Å². The topological polar surface area (TPSA) is 204 Å². The highest BCUT2D eigenvalue weighted by molar-refractivity contribution is 5.93. The van der Waals surface area contributed by atoms with Crippen LogP contribution < -0.4 is 22.1 Å². The number of aliphatic hydroxyl groups is 2. The fourth-order valence-electron chi connectivity index (χ4n) is 4.46. The summed E-state index contributed by atoms with van der Waals surface area (Å²) in [4.78, 5) is 44.7. The van der Waals surface area contributed by atoms with E-state index in [2.05, 4.69) is 15.6 Å². The van der Waals surface area contributed by atoms with E-state index in [4.69, 9.17) is 11.5 Å². The van der Waals surface area contributed by atoms with Crippen LogP contribution in [0.25, 0.3) is 0 Å². The number of likely N-dealkylation sites (tertiary alicyclic amines) is 1. The third-order valence-electron chi connectivity index (χ3n) is 6.40. The van der Waals surface area contributed by atoms with Crippen LogP contribution in [0, 0.1) is 5.92 Å². The summed E-state index contributed by atoms with van der Waals surface area (Å²) in [5, 5.41) is 35.1. The number of hydrogen-bond acceptors (Lipinski definition) is 7. The minimum atomic E-state index is -1.39. The van der Waals surface area contributed by atoms with Crippen molar-refractivity contribution in [3.63, 3.8) is 0 Å². The molecule has 12 heteroatoms. The maximum Gasteiger partial charge on any atom is 0.249 e. The van der Waals surface area contributed by atoms with Gasteiger partial charge in [-0.2, -0.15) is 0 Å². The first-order valence-corrected chi connectivity index (χ1v) is 13.0. The Labute approximate surface area is 223 Å². The Kier molecular flexibility index (Phi) is 12.3. The highest BCUT2D eigenvalue weighted by Crippen LogP contribution is 2.21. The zero-order valence-electron chi connectivity index (χ0n) is 22.2. The number of aliphatic imine (C=N–C) groups is 1. The van der Waals surface area contributed by atoms with Crippen molar-refractivity contribution >= 4 is 23.7 Å². The van der Waals surface area contributed by atoms with E-state index in [1.165, 1.54) is 17.0 Å². The van der Waals surface area contributed by atoms with E-state index in [0.717, 1.165) is 0 Å². The summed E-state index contributed by atoms with van der Waals surface area (Å²) in [6.07, 6.45) is 1.10. The van der Waals surface area contributed by atoms with E-state index < -0.39 is 30.1 Å². The van der Waals surface area contributed by atoms with Crippen molar-refractivity contribution in [1.82, 2.24) is 15.5 Å². The number of aromatic hydroxyl groups is 1. The number of aliphatic hydroxyl groups excluding tert-OH is 2. The fraction of sp³-hybridized carbons (Fsp3) is 0.615. The van der Waals surface area contributed by atoms with Gasteiger partial charge in [0.1, 0.15) is 23.9 Å². The average Bonchev–Trinajstić information content (AvgIpc) is 3.36. The lowest BCUT2D eigenvalue weighted by Gasteiger charge is -2.30. The molecule has 0 radical (unpaired) electrons. The number of phenols is 1. The molecule has 4 atom stereocenters. The molecule has 2 unspecified atom stereocenters. The molecule has 3 amide bonds. The third kappa shape index (κ3) is 9.82. The lowest BCUT2D eigenvalue weighted by atomic mass is 10.0. The number of nitrogens with one attached hydrogen (secondary N) is 2. The number of phenolic OH excluding ortho intramolecular Hbond substituents is 1. The molecule has 1 aliphatic rings. The largest absolute Gasteiger partial charge is 0.508 e. The van der Waals surface area contributed by atoms with Gasteiger partial charge in [0.05, 0.1) is 12.6 Å². The highest BCUT2D eigenvalue weighted by Gasteiger charge is 2.38. The normalized spacial score (nSPS) is 17.5. The average molecular weight is 535 g/mol. The third-order valence-corrected chi connectivity index (χ3v) is 6.40. The molecular formula is C26H42N6O6. The SMILES string of the molecule is CC(C)C[C@H](NC(=O)[C@H](O)Cc1ccc(O)cc1)C(=O)N1CCCC1C(=O)NC(CO)CCCN=C(N)N. The molecule has 1 saturated heterocycles. The maximum absolute atomic E-state index is 13.5. The zero-order valence-corrected chi connectivity index (χ0v) is 22.2. The first-order chi connectivity index (χ1) is 18.0. The summed E-state index contributed by atoms with van der Waals surface area (Å²) in [5.74, 6) is -1.30. The smallest absolute Gasteiger partial charge is 0.249 e. The van der Waals surface area contributed by atoms with Gasteiger partial charge >= 0.3 is 0 Å². The lowest BCUT2D eigenvalue weighted by molar-refractivity contribution is -0.143. The molecule has 9 N–H and O–H groups in total. The van der Waals surface area contributed by atoms with Crippen molar-refractivity contribution in [2.45, 2.75) is 76.6 Å². The Balaban J connectivity index is 2.02. The number of carbonyl (C=O) groups excluding carboxylic acids is 3. The van der Waals surface area contributed by atoms with Crippen molar-refractivity contribution in [1.29, 1.82) is 0 Å². The molecule has 0 bridgehead atoms. The Hall–Kier alpha value is -3.38. The number of hydrogen-bond donors (Lipinski definition) is 7. The van der Waals surface area contributed by atoms with Crippen LogP contribution in [0.2, 0.25) is 0 Å². The number of guanidine groups is 1. The van der Waals surface area contributed by atoms with Gasteiger partial charge in [-0.1, -0.05) is 26.0 Å². The van der Waals surface area contributed by atoms with Crippen LogP contribution in [0.15, 0.2) is 29.3 Å². The van der Waals surface area contributed by atoms with Gasteiger partial charge in [0.25, 0.3) is 0 Å². The van der Waals surface area contributed by atoms with Crippen molar-refractivity contribution < 1.29 is 29.7 Å². The van der Waals surface area contributed by atoms with Gasteiger partial charge < -0.3 is 42.3 Å². The van der Waals surface area contributed by atoms with Crippen LogP contribution in [0.4, 0.5) is 0 Å². The molecule has 12 nitrogen and oxygen atoms in total. The molecule has 0 aliphatic carbocycles. The number of nitrogens with zero attached hydrogens (tertiary/aromatic N) is 2. The standard InChI is InChI=1S/C26H42N6O6/c1-16(2)13-20(31-24(37)22(35)14-17-7-9-19(34)10-8-17)25(38)32-12-4-6-21(32)23(36)30-18(15-33)5-3-11-29-26(27)28/h7-10,16,18,20-22,33-35H,3-6,11-15H2,1-2H3,(H,30,36)(H,31,37)(H4,27,28,29)/t18?,20-,21?,22+/m0/s1. The predicted octanol–water partition coefficient (Wildman–Crippen LogP) is -0.652. The van der Waals surface area contributed by atoms with E-state index in [1.807, 2.05) is 13.8 Å². The summed E-state index contributed by atoms with van der Waals surface area (Å²) in [6, 6.07) is 4.02. The van der Waals surface area contributed by atoms with Gasteiger partial charge in [-0.25, -0.2) is 0 Å². The van der Waals surface area contributed by atoms with Gasteiger partial charge in [0.2, 0.25) is 17.7 Å². The van der Waals surface area contributed by atoms with Gasteiger partial charge in [-0.05, 0) is 55.7 Å². The lowest BCUT2D eigenvalue weighted by Crippen LogP contribution is -2.56. The monoisotopic (exact) mass is 534 g/mol. The number of nitrogens with two attached hydrogens (primary N) is 2. The molecule has 1 aromatic carbocycles. The quantitative estimate of drug-likeness (QED) is 0.0925.